The molecule has 0 radical (unpaired) electrons. The average molecular weight is 324 g/mol. The molecule has 6 heteroatoms. The van der Waals surface area contributed by atoms with E-state index in [-0.39, 0.29) is 11.9 Å². The molecule has 2 aliphatic heterocycles. The highest BCUT2D eigenvalue weighted by Gasteiger charge is 2.26. The Morgan fingerprint density at radius 3 is 2.88 bits per heavy atom. The summed E-state index contributed by atoms with van der Waals surface area (Å²) in [4.78, 5) is 23.3. The number of anilines is 1. The molecule has 1 atom stereocenters. The van der Waals surface area contributed by atoms with Gasteiger partial charge in [-0.1, -0.05) is 18.2 Å². The highest BCUT2D eigenvalue weighted by molar-refractivity contribution is 5.93. The number of piperidine rings is 1. The third-order valence-electron chi connectivity index (χ3n) is 4.57. The molecule has 0 aliphatic carbocycles. The monoisotopic (exact) mass is 324 g/mol. The minimum Gasteiger partial charge on any atom is -0.491 e. The molecule has 1 fully saturated rings. The van der Waals surface area contributed by atoms with Crippen LogP contribution in [0.25, 0.3) is 0 Å². The lowest BCUT2D eigenvalue weighted by atomic mass is 10.1. The van der Waals surface area contributed by atoms with Crippen molar-refractivity contribution in [2.45, 2.75) is 25.3 Å². The van der Waals surface area contributed by atoms with Crippen LogP contribution < -0.4 is 15.0 Å². The third kappa shape index (κ3) is 2.91. The molecule has 6 nitrogen and oxygen atoms in total. The number of nitrogens with one attached hydrogen (secondary N) is 1. The van der Waals surface area contributed by atoms with Gasteiger partial charge in [-0.2, -0.15) is 0 Å². The van der Waals surface area contributed by atoms with Crippen LogP contribution in [-0.4, -0.2) is 35.6 Å². The molecular formula is C18H20N4O2. The van der Waals surface area contributed by atoms with Gasteiger partial charge in [0.15, 0.2) is 0 Å². The highest BCUT2D eigenvalue weighted by atomic mass is 16.5. The van der Waals surface area contributed by atoms with Gasteiger partial charge in [-0.25, -0.2) is 9.97 Å². The number of ether oxygens (including phenoxy) is 1. The van der Waals surface area contributed by atoms with Crippen LogP contribution in [0.5, 0.6) is 5.75 Å². The zero-order valence-corrected chi connectivity index (χ0v) is 13.4. The average Bonchev–Trinajstić information content (AvgIpc) is 3.06. The second kappa shape index (κ2) is 6.47. The van der Waals surface area contributed by atoms with Gasteiger partial charge in [-0.15, -0.1) is 0 Å². The lowest BCUT2D eigenvalue weighted by molar-refractivity contribution is 0.0925. The topological polar surface area (TPSA) is 67.3 Å². The Morgan fingerprint density at radius 2 is 2.00 bits per heavy atom. The van der Waals surface area contributed by atoms with Crippen molar-refractivity contribution in [1.29, 1.82) is 0 Å². The van der Waals surface area contributed by atoms with Gasteiger partial charge in [0, 0.05) is 24.7 Å². The predicted octanol–water partition coefficient (Wildman–Crippen LogP) is 2.33. The van der Waals surface area contributed by atoms with Gasteiger partial charge in [0.05, 0.1) is 6.04 Å². The Balaban J connectivity index is 1.49. The van der Waals surface area contributed by atoms with Crippen LogP contribution in [0, 0.1) is 0 Å². The van der Waals surface area contributed by atoms with Crippen LogP contribution in [0.3, 0.4) is 0 Å². The standard InChI is InChI=1S/C18H20N4O2/c23-18(21-15-11-24-16-7-3-2-6-13(15)16)14-10-17(20-12-19-14)22-8-4-1-5-9-22/h2-3,6-7,10,12,15H,1,4-5,8-9,11H2,(H,21,23)/t15-/m1/s1. The number of benzene rings is 1. The first-order chi connectivity index (χ1) is 11.8. The molecule has 1 saturated heterocycles. The smallest absolute Gasteiger partial charge is 0.270 e. The maximum atomic E-state index is 12.6. The lowest BCUT2D eigenvalue weighted by Gasteiger charge is -2.27. The fourth-order valence-electron chi connectivity index (χ4n) is 3.28. The number of fused-ring (bicyclic) bond motifs is 1. The second-order valence-corrected chi connectivity index (χ2v) is 6.18. The summed E-state index contributed by atoms with van der Waals surface area (Å²) in [7, 11) is 0. The van der Waals surface area contributed by atoms with Crippen LogP contribution in [0.1, 0.15) is 41.4 Å². The van der Waals surface area contributed by atoms with E-state index in [1.165, 1.54) is 25.6 Å². The normalized spacial score (nSPS) is 19.5. The fraction of sp³-hybridized carbons (Fsp3) is 0.389. The number of carbonyl (C=O) groups excluding carboxylic acids is 1. The zero-order valence-electron chi connectivity index (χ0n) is 13.4. The van der Waals surface area contributed by atoms with Gasteiger partial charge in [0.1, 0.15) is 30.2 Å². The minimum atomic E-state index is -0.194. The van der Waals surface area contributed by atoms with Crippen molar-refractivity contribution in [2.24, 2.45) is 0 Å². The number of rotatable bonds is 3. The van der Waals surface area contributed by atoms with Crippen molar-refractivity contribution in [1.82, 2.24) is 15.3 Å². The van der Waals surface area contributed by atoms with E-state index in [4.69, 9.17) is 4.74 Å². The first-order valence-electron chi connectivity index (χ1n) is 8.41. The molecule has 4 rings (SSSR count). The Morgan fingerprint density at radius 1 is 1.17 bits per heavy atom. The number of hydrogen-bond acceptors (Lipinski definition) is 5. The van der Waals surface area contributed by atoms with E-state index in [1.807, 2.05) is 24.3 Å². The Kier molecular flexibility index (Phi) is 4.02. The summed E-state index contributed by atoms with van der Waals surface area (Å²) in [5, 5.41) is 3.01. The van der Waals surface area contributed by atoms with Gasteiger partial charge in [-0.3, -0.25) is 4.79 Å². The first-order valence-corrected chi connectivity index (χ1v) is 8.41. The molecule has 2 aromatic rings. The number of nitrogens with zero attached hydrogens (tertiary/aromatic N) is 3. The van der Waals surface area contributed by atoms with Gasteiger partial charge in [-0.05, 0) is 25.3 Å². The van der Waals surface area contributed by atoms with E-state index in [9.17, 15) is 4.79 Å². The largest absolute Gasteiger partial charge is 0.491 e. The molecule has 0 spiro atoms. The maximum Gasteiger partial charge on any atom is 0.270 e. The molecule has 24 heavy (non-hydrogen) atoms. The van der Waals surface area contributed by atoms with Crippen LogP contribution >= 0.6 is 0 Å². The molecule has 0 bridgehead atoms. The molecule has 124 valence electrons. The van der Waals surface area contributed by atoms with E-state index in [1.54, 1.807) is 6.07 Å². The molecule has 0 unspecified atom stereocenters. The van der Waals surface area contributed by atoms with Crippen molar-refractivity contribution in [3.63, 3.8) is 0 Å². The number of amides is 1. The van der Waals surface area contributed by atoms with Gasteiger partial charge < -0.3 is 15.0 Å². The molecule has 1 N–H and O–H groups in total. The second-order valence-electron chi connectivity index (χ2n) is 6.18. The van der Waals surface area contributed by atoms with Gasteiger partial charge in [0.2, 0.25) is 0 Å². The van der Waals surface area contributed by atoms with Crippen LogP contribution in [-0.2, 0) is 0 Å². The SMILES string of the molecule is O=C(N[C@@H]1COc2ccccc21)c1cc(N2CCCCC2)ncn1. The van der Waals surface area contributed by atoms with E-state index in [0.717, 1.165) is 30.2 Å². The summed E-state index contributed by atoms with van der Waals surface area (Å²) < 4.78 is 5.61. The number of para-hydroxylation sites is 1. The van der Waals surface area contributed by atoms with Gasteiger partial charge in [0.25, 0.3) is 5.91 Å². The van der Waals surface area contributed by atoms with Gasteiger partial charge >= 0.3 is 0 Å². The highest BCUT2D eigenvalue weighted by Crippen LogP contribution is 2.31. The zero-order chi connectivity index (χ0) is 16.4. The predicted molar refractivity (Wildman–Crippen MR) is 90.2 cm³/mol. The minimum absolute atomic E-state index is 0.137. The third-order valence-corrected chi connectivity index (χ3v) is 4.57. The fourth-order valence-corrected chi connectivity index (χ4v) is 3.28. The molecule has 0 saturated carbocycles. The summed E-state index contributed by atoms with van der Waals surface area (Å²) in [6.45, 7) is 2.43. The molecule has 2 aliphatic rings. The molecule has 3 heterocycles. The summed E-state index contributed by atoms with van der Waals surface area (Å²) in [5.74, 6) is 1.47. The van der Waals surface area contributed by atoms with E-state index in [2.05, 4.69) is 20.2 Å². The van der Waals surface area contributed by atoms with Crippen molar-refractivity contribution >= 4 is 11.7 Å². The number of hydrogen-bond donors (Lipinski definition) is 1. The Hall–Kier alpha value is -2.63. The molecular weight excluding hydrogens is 304 g/mol. The first kappa shape index (κ1) is 14.9. The Bertz CT molecular complexity index is 743. The summed E-state index contributed by atoms with van der Waals surface area (Å²) in [6, 6.07) is 9.42. The van der Waals surface area contributed by atoms with Crippen LogP contribution in [0.2, 0.25) is 0 Å². The van der Waals surface area contributed by atoms with E-state index in [0.29, 0.717) is 12.3 Å². The van der Waals surface area contributed by atoms with Crippen molar-refractivity contribution in [2.75, 3.05) is 24.6 Å². The van der Waals surface area contributed by atoms with Crippen molar-refractivity contribution < 1.29 is 9.53 Å². The molecule has 1 aromatic heterocycles. The van der Waals surface area contributed by atoms with E-state index >= 15 is 0 Å². The Labute approximate surface area is 140 Å². The molecule has 1 aromatic carbocycles. The summed E-state index contributed by atoms with van der Waals surface area (Å²) in [6.07, 6.45) is 5.07. The number of aromatic nitrogens is 2. The number of carbonyl (C=O) groups is 1. The van der Waals surface area contributed by atoms with Crippen LogP contribution in [0.15, 0.2) is 36.7 Å². The quantitative estimate of drug-likeness (QED) is 0.938. The lowest BCUT2D eigenvalue weighted by Crippen LogP contribution is -2.32. The summed E-state index contributed by atoms with van der Waals surface area (Å²) in [5.41, 5.74) is 1.41. The van der Waals surface area contributed by atoms with Crippen molar-refractivity contribution in [3.8, 4) is 5.75 Å². The molecule has 1 amide bonds. The summed E-state index contributed by atoms with van der Waals surface area (Å²) >= 11 is 0. The van der Waals surface area contributed by atoms with E-state index < -0.39 is 0 Å². The maximum absolute atomic E-state index is 12.6. The van der Waals surface area contributed by atoms with Crippen LogP contribution in [0.4, 0.5) is 5.82 Å². The van der Waals surface area contributed by atoms with Crippen molar-refractivity contribution in [3.05, 3.63) is 47.9 Å².